The Bertz CT molecular complexity index is 2970. The maximum absolute atomic E-state index is 14.9. The Balaban J connectivity index is 1.07. The number of H-pyrrole nitrogens is 1. The van der Waals surface area contributed by atoms with Crippen LogP contribution in [-0.2, 0) is 20.8 Å². The van der Waals surface area contributed by atoms with Gasteiger partial charge in [-0.05, 0) is 86.3 Å². The normalized spacial score (nSPS) is 20.1. The summed E-state index contributed by atoms with van der Waals surface area (Å²) in [5.74, 6) is 1.02. The van der Waals surface area contributed by atoms with Crippen molar-refractivity contribution < 1.29 is 28.8 Å². The van der Waals surface area contributed by atoms with Gasteiger partial charge >= 0.3 is 5.69 Å². The second-order valence-electron chi connectivity index (χ2n) is 15.6. The van der Waals surface area contributed by atoms with Crippen LogP contribution < -0.4 is 20.7 Å². The van der Waals surface area contributed by atoms with Crippen LogP contribution in [0.5, 0.6) is 11.5 Å². The summed E-state index contributed by atoms with van der Waals surface area (Å²) in [6.45, 7) is 1.36. The SMILES string of the molecule is COc1ccc(C(OC[C@H]2O[C@]3(n4cc(C)c(=O)[nH]c4=O)CN(C(=O)c4ccc5ccc6cccc7ccc4c5c67)C3[C@@H]2O)(c2ccccc2)c2ccc(OC)cc2)cc1. The molecule has 2 aliphatic rings. The minimum atomic E-state index is -1.52. The monoisotopic (exact) mass is 799 g/mol. The molecule has 300 valence electrons. The highest BCUT2D eigenvalue weighted by atomic mass is 16.6. The molecule has 0 aliphatic carbocycles. The van der Waals surface area contributed by atoms with Gasteiger partial charge in [0, 0.05) is 17.3 Å². The molecule has 60 heavy (non-hydrogen) atoms. The van der Waals surface area contributed by atoms with Crippen molar-refractivity contribution in [2.24, 2.45) is 0 Å². The first-order chi connectivity index (χ1) is 29.2. The van der Waals surface area contributed by atoms with Gasteiger partial charge in [0.15, 0.2) is 5.72 Å². The summed E-state index contributed by atoms with van der Waals surface area (Å²) >= 11 is 0. The predicted octanol–water partition coefficient (Wildman–Crippen LogP) is 6.71. The zero-order valence-electron chi connectivity index (χ0n) is 33.1. The molecule has 10 rings (SSSR count). The summed E-state index contributed by atoms with van der Waals surface area (Å²) in [5, 5.41) is 18.5. The minimum Gasteiger partial charge on any atom is -0.497 e. The third kappa shape index (κ3) is 5.57. The van der Waals surface area contributed by atoms with E-state index in [0.29, 0.717) is 17.1 Å². The lowest BCUT2D eigenvalue weighted by molar-refractivity contribution is -0.201. The molecule has 0 radical (unpaired) electrons. The van der Waals surface area contributed by atoms with E-state index in [1.54, 1.807) is 26.0 Å². The number of methoxy groups -OCH3 is 2. The van der Waals surface area contributed by atoms with Gasteiger partial charge in [-0.2, -0.15) is 0 Å². The molecule has 0 bridgehead atoms. The molecule has 1 unspecified atom stereocenters. The third-order valence-electron chi connectivity index (χ3n) is 12.4. The molecule has 11 heteroatoms. The van der Waals surface area contributed by atoms with E-state index in [2.05, 4.69) is 29.2 Å². The van der Waals surface area contributed by atoms with Gasteiger partial charge < -0.3 is 29.0 Å². The number of hydrogen-bond acceptors (Lipinski definition) is 8. The molecular formula is C49H41N3O8. The van der Waals surface area contributed by atoms with Gasteiger partial charge in [-0.1, -0.05) is 103 Å². The Morgan fingerprint density at radius 1 is 0.767 bits per heavy atom. The summed E-state index contributed by atoms with van der Waals surface area (Å²) in [6.07, 6.45) is -0.917. The molecule has 11 nitrogen and oxygen atoms in total. The number of aryl methyl sites for hydroxylation is 1. The van der Waals surface area contributed by atoms with E-state index in [-0.39, 0.29) is 24.6 Å². The van der Waals surface area contributed by atoms with Crippen molar-refractivity contribution in [1.82, 2.24) is 14.5 Å². The smallest absolute Gasteiger partial charge is 0.330 e. The number of carbonyl (C=O) groups is 1. The van der Waals surface area contributed by atoms with Gasteiger partial charge in [0.25, 0.3) is 11.5 Å². The molecule has 7 aromatic carbocycles. The summed E-state index contributed by atoms with van der Waals surface area (Å²) < 4.78 is 26.3. The number of benzene rings is 7. The van der Waals surface area contributed by atoms with Gasteiger partial charge in [-0.25, -0.2) is 4.79 Å². The first kappa shape index (κ1) is 37.5. The van der Waals surface area contributed by atoms with E-state index >= 15 is 0 Å². The Labute approximate surface area is 344 Å². The molecule has 1 amide bonds. The highest BCUT2D eigenvalue weighted by molar-refractivity contribution is 6.26. The first-order valence-corrected chi connectivity index (χ1v) is 19.8. The predicted molar refractivity (Wildman–Crippen MR) is 228 cm³/mol. The number of likely N-dealkylation sites (tertiary alicyclic amines) is 1. The fraction of sp³-hybridized carbons (Fsp3) is 0.204. The number of nitrogens with zero attached hydrogens (tertiary/aromatic N) is 2. The molecule has 3 heterocycles. The van der Waals surface area contributed by atoms with Gasteiger partial charge in [0.05, 0.1) is 27.4 Å². The molecular weight excluding hydrogens is 759 g/mol. The van der Waals surface area contributed by atoms with Crippen molar-refractivity contribution >= 4 is 38.2 Å². The molecule has 2 N–H and O–H groups in total. The number of amides is 1. The number of hydrogen-bond donors (Lipinski definition) is 2. The standard InChI is InChI=1S/C49H41N3O8/c1-29-26-52(47(56)50-45(29)54)48-28-51(46(55)39-25-15-32-13-12-30-8-7-9-31-14-24-38(39)42(32)41(30)31)44(48)43(53)40(60-48)27-59-49(33-10-5-4-6-11-33,34-16-20-36(57-2)21-17-34)35-18-22-37(58-3)23-19-35/h4-26,40,43-44,53H,27-28H2,1-3H3,(H,50,54,56)/t40-,43-,44?,48-/m1/s1. The molecule has 8 aromatic rings. The van der Waals surface area contributed by atoms with Gasteiger partial charge in [0.2, 0.25) is 0 Å². The van der Waals surface area contributed by atoms with Gasteiger partial charge in [-0.15, -0.1) is 0 Å². The zero-order valence-corrected chi connectivity index (χ0v) is 33.1. The van der Waals surface area contributed by atoms with E-state index in [1.165, 1.54) is 10.8 Å². The van der Waals surface area contributed by atoms with Crippen LogP contribution in [0.25, 0.3) is 32.3 Å². The van der Waals surface area contributed by atoms with Crippen molar-refractivity contribution in [3.05, 3.63) is 188 Å². The Kier molecular flexibility index (Phi) is 8.87. The van der Waals surface area contributed by atoms with Crippen molar-refractivity contribution in [3.63, 3.8) is 0 Å². The average molecular weight is 800 g/mol. The number of nitrogens with one attached hydrogen (secondary N) is 1. The van der Waals surface area contributed by atoms with E-state index in [9.17, 15) is 19.5 Å². The molecule has 0 saturated carbocycles. The topological polar surface area (TPSA) is 132 Å². The van der Waals surface area contributed by atoms with Gasteiger partial charge in [-0.3, -0.25) is 19.1 Å². The van der Waals surface area contributed by atoms with Crippen LogP contribution in [-0.4, -0.2) is 71.1 Å². The highest BCUT2D eigenvalue weighted by Gasteiger charge is 2.68. The Hall–Kier alpha value is -6.79. The minimum absolute atomic E-state index is 0.0712. The first-order valence-electron chi connectivity index (χ1n) is 19.8. The van der Waals surface area contributed by atoms with Crippen LogP contribution in [0.4, 0.5) is 0 Å². The molecule has 0 spiro atoms. The second kappa shape index (κ2) is 14.2. The summed E-state index contributed by atoms with van der Waals surface area (Å²) in [6, 6.07) is 42.0. The van der Waals surface area contributed by atoms with E-state index in [0.717, 1.165) is 49.0 Å². The summed E-state index contributed by atoms with van der Waals surface area (Å²) in [7, 11) is 3.21. The number of ether oxygens (including phenoxy) is 4. The van der Waals surface area contributed by atoms with Crippen LogP contribution in [0.1, 0.15) is 32.6 Å². The fourth-order valence-electron chi connectivity index (χ4n) is 9.47. The number of aliphatic hydroxyl groups excluding tert-OH is 1. The average Bonchev–Trinajstić information content (AvgIpc) is 3.49. The molecule has 2 fully saturated rings. The lowest BCUT2D eigenvalue weighted by atomic mass is 9.80. The third-order valence-corrected chi connectivity index (χ3v) is 12.4. The van der Waals surface area contributed by atoms with E-state index in [4.69, 9.17) is 18.9 Å². The number of rotatable bonds is 10. The van der Waals surface area contributed by atoms with Crippen molar-refractivity contribution in [2.75, 3.05) is 27.4 Å². The number of carbonyl (C=O) groups excluding carboxylic acids is 1. The molecule has 4 atom stereocenters. The van der Waals surface area contributed by atoms with Crippen molar-refractivity contribution in [2.45, 2.75) is 36.5 Å². The molecule has 2 saturated heterocycles. The largest absolute Gasteiger partial charge is 0.497 e. The lowest BCUT2D eigenvalue weighted by Crippen LogP contribution is -2.73. The maximum atomic E-state index is 14.9. The Morgan fingerprint density at radius 3 is 1.98 bits per heavy atom. The Morgan fingerprint density at radius 2 is 1.35 bits per heavy atom. The van der Waals surface area contributed by atoms with E-state index in [1.807, 2.05) is 109 Å². The quantitative estimate of drug-likeness (QED) is 0.115. The molecule has 2 aliphatic heterocycles. The number of aliphatic hydroxyl groups is 1. The number of fused-ring (bicyclic) bond motifs is 1. The van der Waals surface area contributed by atoms with Crippen molar-refractivity contribution in [3.8, 4) is 11.5 Å². The van der Waals surface area contributed by atoms with Crippen LogP contribution in [0.3, 0.4) is 0 Å². The number of aromatic nitrogens is 2. The fourth-order valence-corrected chi connectivity index (χ4v) is 9.47. The van der Waals surface area contributed by atoms with Crippen LogP contribution >= 0.6 is 0 Å². The molecule has 1 aromatic heterocycles. The maximum Gasteiger partial charge on any atom is 0.330 e. The summed E-state index contributed by atoms with van der Waals surface area (Å²) in [4.78, 5) is 45.1. The van der Waals surface area contributed by atoms with Crippen molar-refractivity contribution in [1.29, 1.82) is 0 Å². The van der Waals surface area contributed by atoms with Gasteiger partial charge in [0.1, 0.15) is 35.3 Å². The van der Waals surface area contributed by atoms with Crippen LogP contribution in [0.15, 0.2) is 149 Å². The highest BCUT2D eigenvalue weighted by Crippen LogP contribution is 2.49. The lowest BCUT2D eigenvalue weighted by Gasteiger charge is -2.53. The van der Waals surface area contributed by atoms with Crippen LogP contribution in [0, 0.1) is 6.92 Å². The number of aromatic amines is 1. The summed E-state index contributed by atoms with van der Waals surface area (Å²) in [5.41, 5.74) is -0.887. The van der Waals surface area contributed by atoms with Crippen LogP contribution in [0.2, 0.25) is 0 Å². The zero-order chi connectivity index (χ0) is 41.3. The van der Waals surface area contributed by atoms with E-state index < -0.39 is 40.8 Å². The second-order valence-corrected chi connectivity index (χ2v) is 15.6.